The van der Waals surface area contributed by atoms with Gasteiger partial charge in [-0.2, -0.15) is 0 Å². The average Bonchev–Trinajstić information content (AvgIpc) is 1.66. The topological polar surface area (TPSA) is 9.23 Å². The number of hydrogen-bond acceptors (Lipinski definition) is 2. The third-order valence-corrected chi connectivity index (χ3v) is 0.970. The zero-order valence-electron chi connectivity index (χ0n) is 5.59. The van der Waals surface area contributed by atoms with Crippen molar-refractivity contribution in [1.82, 2.24) is 0 Å². The van der Waals surface area contributed by atoms with Crippen molar-refractivity contribution in [1.29, 1.82) is 0 Å². The number of hydrogen-bond donors (Lipinski definition) is 1. The SMILES string of the molecule is CCCCOC(=S)S.[Cd]. The second-order valence-electron chi connectivity index (χ2n) is 1.47. The van der Waals surface area contributed by atoms with Crippen molar-refractivity contribution < 1.29 is 32.0 Å². The standard InChI is InChI=1S/C5H10OS2.Cd/c1-2-3-4-6-5(7)8;/h2-4H2,1H3,(H,7,8);. The molecule has 0 aromatic carbocycles. The number of thiol groups is 1. The number of rotatable bonds is 3. The summed E-state index contributed by atoms with van der Waals surface area (Å²) in [4.78, 5) is 0. The molecule has 0 aromatic rings. The van der Waals surface area contributed by atoms with Crippen molar-refractivity contribution in [2.24, 2.45) is 0 Å². The van der Waals surface area contributed by atoms with E-state index in [1.807, 2.05) is 0 Å². The van der Waals surface area contributed by atoms with Crippen molar-refractivity contribution in [3.63, 3.8) is 0 Å². The number of ether oxygens (including phenoxy) is 1. The van der Waals surface area contributed by atoms with Crippen LogP contribution in [0.4, 0.5) is 0 Å². The van der Waals surface area contributed by atoms with E-state index in [4.69, 9.17) is 4.74 Å². The van der Waals surface area contributed by atoms with Crippen LogP contribution in [0.3, 0.4) is 0 Å². The zero-order chi connectivity index (χ0) is 6.41. The normalized spacial score (nSPS) is 7.78. The summed E-state index contributed by atoms with van der Waals surface area (Å²) in [5, 5.41) is 0. The Balaban J connectivity index is 0. The third-order valence-electron chi connectivity index (χ3n) is 0.723. The Morgan fingerprint density at radius 1 is 1.67 bits per heavy atom. The van der Waals surface area contributed by atoms with Crippen LogP contribution < -0.4 is 0 Å². The van der Waals surface area contributed by atoms with Crippen LogP contribution in [0.2, 0.25) is 0 Å². The Bertz CT molecular complexity index is 77.4. The summed E-state index contributed by atoms with van der Waals surface area (Å²) in [6.45, 7) is 2.81. The molecule has 0 unspecified atom stereocenters. The minimum atomic E-state index is 0. The first-order chi connectivity index (χ1) is 3.77. The molecule has 0 aromatic heterocycles. The molecule has 0 N–H and O–H groups in total. The Hall–Kier alpha value is 1.16. The largest absolute Gasteiger partial charge is 0.479 e. The smallest absolute Gasteiger partial charge is 0.216 e. The van der Waals surface area contributed by atoms with Crippen LogP contribution in [0.15, 0.2) is 0 Å². The van der Waals surface area contributed by atoms with E-state index in [2.05, 4.69) is 31.8 Å². The summed E-state index contributed by atoms with van der Waals surface area (Å²) in [5.41, 5.74) is 0. The maximum Gasteiger partial charge on any atom is 0.216 e. The van der Waals surface area contributed by atoms with Crippen molar-refractivity contribution >= 4 is 29.2 Å². The van der Waals surface area contributed by atoms with E-state index < -0.39 is 0 Å². The number of thiocarbonyl (C=S) groups is 1. The van der Waals surface area contributed by atoms with Crippen LogP contribution >= 0.6 is 24.8 Å². The summed E-state index contributed by atoms with van der Waals surface area (Å²) < 4.78 is 5.22. The Morgan fingerprint density at radius 2 is 2.22 bits per heavy atom. The van der Waals surface area contributed by atoms with E-state index in [9.17, 15) is 0 Å². The molecule has 0 spiro atoms. The molecule has 0 aliphatic heterocycles. The molecule has 0 heterocycles. The van der Waals surface area contributed by atoms with E-state index in [1.165, 1.54) is 0 Å². The van der Waals surface area contributed by atoms with E-state index in [0.29, 0.717) is 11.0 Å². The van der Waals surface area contributed by atoms with Crippen LogP contribution in [0.25, 0.3) is 0 Å². The van der Waals surface area contributed by atoms with Crippen LogP contribution in [0.5, 0.6) is 0 Å². The maximum absolute atomic E-state index is 4.88. The minimum absolute atomic E-state index is 0. The summed E-state index contributed by atoms with van der Waals surface area (Å²) in [6, 6.07) is 0. The average molecular weight is 263 g/mol. The molecule has 4 heteroatoms. The van der Waals surface area contributed by atoms with Gasteiger partial charge in [-0.25, -0.2) is 0 Å². The van der Waals surface area contributed by atoms with Gasteiger partial charge in [-0.05, 0) is 18.6 Å². The fourth-order valence-corrected chi connectivity index (χ4v) is 0.478. The Kier molecular flexibility index (Phi) is 13.0. The van der Waals surface area contributed by atoms with Crippen molar-refractivity contribution in [2.75, 3.05) is 6.61 Å². The molecule has 0 aliphatic rings. The molecular weight excluding hydrogens is 253 g/mol. The van der Waals surface area contributed by atoms with E-state index in [0.717, 1.165) is 12.8 Å². The maximum atomic E-state index is 4.88. The van der Waals surface area contributed by atoms with Gasteiger partial charge < -0.3 is 4.74 Å². The van der Waals surface area contributed by atoms with Gasteiger partial charge in [0.1, 0.15) is 0 Å². The predicted octanol–water partition coefficient (Wildman–Crippen LogP) is 2.02. The molecule has 0 aliphatic carbocycles. The molecule has 0 radical (unpaired) electrons. The molecular formula is C5H10CdOS2. The third kappa shape index (κ3) is 12.4. The molecule has 0 rings (SSSR count). The molecule has 1 nitrogen and oxygen atoms in total. The van der Waals surface area contributed by atoms with Gasteiger partial charge in [-0.1, -0.05) is 26.0 Å². The first kappa shape index (κ1) is 12.8. The molecule has 50 valence electrons. The van der Waals surface area contributed by atoms with E-state index >= 15 is 0 Å². The summed E-state index contributed by atoms with van der Waals surface area (Å²) in [6.07, 6.45) is 2.19. The van der Waals surface area contributed by atoms with Gasteiger partial charge in [-0.3, -0.25) is 0 Å². The molecule has 0 amide bonds. The fraction of sp³-hybridized carbons (Fsp3) is 0.800. The van der Waals surface area contributed by atoms with Gasteiger partial charge >= 0.3 is 0 Å². The van der Waals surface area contributed by atoms with Gasteiger partial charge in [0.25, 0.3) is 0 Å². The Labute approximate surface area is 87.1 Å². The monoisotopic (exact) mass is 264 g/mol. The van der Waals surface area contributed by atoms with Crippen molar-refractivity contribution in [3.05, 3.63) is 0 Å². The fourth-order valence-electron chi connectivity index (χ4n) is 0.304. The summed E-state index contributed by atoms with van der Waals surface area (Å²) in [7, 11) is 0. The summed E-state index contributed by atoms with van der Waals surface area (Å²) in [5.74, 6) is 0. The summed E-state index contributed by atoms with van der Waals surface area (Å²) >= 11 is 8.33. The molecule has 0 fully saturated rings. The minimum Gasteiger partial charge on any atom is -0.479 e. The van der Waals surface area contributed by atoms with Crippen LogP contribution in [-0.4, -0.2) is 11.0 Å². The number of unbranched alkanes of at least 4 members (excludes halogenated alkanes) is 1. The molecule has 9 heavy (non-hydrogen) atoms. The van der Waals surface area contributed by atoms with Gasteiger partial charge in [0.05, 0.1) is 6.61 Å². The van der Waals surface area contributed by atoms with Gasteiger partial charge in [0.15, 0.2) is 0 Å². The van der Waals surface area contributed by atoms with Crippen LogP contribution in [0, 0.1) is 0 Å². The quantitative estimate of drug-likeness (QED) is 0.361. The Morgan fingerprint density at radius 3 is 2.56 bits per heavy atom. The van der Waals surface area contributed by atoms with E-state index in [1.54, 1.807) is 0 Å². The first-order valence-corrected chi connectivity index (χ1v) is 3.48. The van der Waals surface area contributed by atoms with Gasteiger partial charge in [0, 0.05) is 27.3 Å². The van der Waals surface area contributed by atoms with Gasteiger partial charge in [-0.15, -0.1) is 0 Å². The van der Waals surface area contributed by atoms with Crippen molar-refractivity contribution in [3.8, 4) is 0 Å². The predicted molar refractivity (Wildman–Crippen MR) is 42.4 cm³/mol. The van der Waals surface area contributed by atoms with Crippen LogP contribution in [0.1, 0.15) is 19.8 Å². The van der Waals surface area contributed by atoms with Crippen LogP contribution in [-0.2, 0) is 32.0 Å². The first-order valence-electron chi connectivity index (χ1n) is 2.63. The molecule has 0 saturated heterocycles. The second kappa shape index (κ2) is 9.16. The zero-order valence-corrected chi connectivity index (χ0v) is 11.3. The molecule has 0 atom stereocenters. The molecule has 0 saturated carbocycles. The second-order valence-corrected chi connectivity index (χ2v) is 2.55. The molecule has 0 bridgehead atoms. The van der Waals surface area contributed by atoms with Gasteiger partial charge in [0.2, 0.25) is 4.38 Å². The van der Waals surface area contributed by atoms with E-state index in [-0.39, 0.29) is 27.3 Å². The van der Waals surface area contributed by atoms with Crippen molar-refractivity contribution in [2.45, 2.75) is 19.8 Å².